The van der Waals surface area contributed by atoms with E-state index in [4.69, 9.17) is 0 Å². The lowest BCUT2D eigenvalue weighted by molar-refractivity contribution is -0.139. The van der Waals surface area contributed by atoms with E-state index in [9.17, 15) is 9.59 Å². The largest absolute Gasteiger partial charge is 0.355 e. The van der Waals surface area contributed by atoms with Crippen LogP contribution < -0.4 is 5.32 Å². The molecule has 28 heavy (non-hydrogen) atoms. The van der Waals surface area contributed by atoms with Crippen molar-refractivity contribution in [2.75, 3.05) is 12.3 Å². The zero-order valence-corrected chi connectivity index (χ0v) is 17.8. The minimum Gasteiger partial charge on any atom is -0.355 e. The smallest absolute Gasteiger partial charge is 0.242 e. The SMILES string of the molecule is CCNC(=O)[C@H](CC)N(Cc1ccccc1C)C(=O)CSCc1ccccc1. The fourth-order valence-corrected chi connectivity index (χ4v) is 3.97. The molecule has 1 atom stereocenters. The molecule has 2 aromatic rings. The molecule has 5 heteroatoms. The van der Waals surface area contributed by atoms with Crippen molar-refractivity contribution >= 4 is 23.6 Å². The van der Waals surface area contributed by atoms with Gasteiger partial charge in [0.1, 0.15) is 6.04 Å². The first-order valence-electron chi connectivity index (χ1n) is 9.80. The first kappa shape index (κ1) is 22.0. The second-order valence-corrected chi connectivity index (χ2v) is 7.73. The van der Waals surface area contributed by atoms with Crippen LogP contribution in [0.5, 0.6) is 0 Å². The molecular weight excluding hydrogens is 368 g/mol. The van der Waals surface area contributed by atoms with E-state index in [0.29, 0.717) is 25.3 Å². The van der Waals surface area contributed by atoms with Gasteiger partial charge in [-0.25, -0.2) is 0 Å². The quantitative estimate of drug-likeness (QED) is 0.653. The van der Waals surface area contributed by atoms with Crippen LogP contribution in [0.2, 0.25) is 0 Å². The summed E-state index contributed by atoms with van der Waals surface area (Å²) in [5, 5.41) is 2.87. The molecule has 0 saturated carbocycles. The molecule has 0 radical (unpaired) electrons. The van der Waals surface area contributed by atoms with Gasteiger partial charge in [-0.1, -0.05) is 61.5 Å². The highest BCUT2D eigenvalue weighted by Gasteiger charge is 2.28. The standard InChI is InChI=1S/C23H30N2O2S/c1-4-21(23(27)24-5-2)25(15-20-14-10-9-11-18(20)3)22(26)17-28-16-19-12-7-6-8-13-19/h6-14,21H,4-5,15-17H2,1-3H3,(H,24,27)/t21-/m0/s1. The Hall–Kier alpha value is -2.27. The summed E-state index contributed by atoms with van der Waals surface area (Å²) in [6, 6.07) is 17.7. The number of hydrogen-bond acceptors (Lipinski definition) is 3. The third kappa shape index (κ3) is 6.41. The molecule has 0 aromatic heterocycles. The van der Waals surface area contributed by atoms with E-state index in [0.717, 1.165) is 16.9 Å². The van der Waals surface area contributed by atoms with Crippen LogP contribution in [0.3, 0.4) is 0 Å². The summed E-state index contributed by atoms with van der Waals surface area (Å²) in [5.74, 6) is 1.06. The molecule has 0 heterocycles. The monoisotopic (exact) mass is 398 g/mol. The number of rotatable bonds is 10. The van der Waals surface area contributed by atoms with Crippen molar-refractivity contribution in [1.29, 1.82) is 0 Å². The average Bonchev–Trinajstić information content (AvgIpc) is 2.70. The Morgan fingerprint density at radius 1 is 1.04 bits per heavy atom. The van der Waals surface area contributed by atoms with Crippen molar-refractivity contribution in [3.05, 3.63) is 71.3 Å². The van der Waals surface area contributed by atoms with Gasteiger partial charge in [0.25, 0.3) is 0 Å². The molecule has 150 valence electrons. The van der Waals surface area contributed by atoms with E-state index in [1.54, 1.807) is 16.7 Å². The van der Waals surface area contributed by atoms with Crippen molar-refractivity contribution in [2.24, 2.45) is 0 Å². The molecule has 4 nitrogen and oxygen atoms in total. The molecule has 0 spiro atoms. The first-order chi connectivity index (χ1) is 13.6. The summed E-state index contributed by atoms with van der Waals surface area (Å²) >= 11 is 1.59. The summed E-state index contributed by atoms with van der Waals surface area (Å²) in [4.78, 5) is 27.4. The maximum absolute atomic E-state index is 13.1. The number of nitrogens with one attached hydrogen (secondary N) is 1. The number of thioether (sulfide) groups is 1. The Bertz CT molecular complexity index is 764. The maximum atomic E-state index is 13.1. The molecule has 2 amide bonds. The Morgan fingerprint density at radius 2 is 1.71 bits per heavy atom. The number of benzene rings is 2. The number of hydrogen-bond donors (Lipinski definition) is 1. The minimum absolute atomic E-state index is 0.00212. The van der Waals surface area contributed by atoms with Crippen molar-refractivity contribution in [3.8, 4) is 0 Å². The number of likely N-dealkylation sites (N-methyl/N-ethyl adjacent to an activating group) is 1. The fraction of sp³-hybridized carbons (Fsp3) is 0.391. The molecular formula is C23H30N2O2S. The average molecular weight is 399 g/mol. The van der Waals surface area contributed by atoms with Crippen LogP contribution in [-0.4, -0.2) is 35.1 Å². The molecule has 0 aliphatic carbocycles. The Balaban J connectivity index is 2.12. The zero-order valence-electron chi connectivity index (χ0n) is 17.0. The van der Waals surface area contributed by atoms with Crippen LogP contribution in [0, 0.1) is 6.92 Å². The van der Waals surface area contributed by atoms with Crippen LogP contribution in [0.25, 0.3) is 0 Å². The van der Waals surface area contributed by atoms with Crippen molar-refractivity contribution in [2.45, 2.75) is 45.5 Å². The molecule has 2 aromatic carbocycles. The summed E-state index contributed by atoms with van der Waals surface area (Å²) in [6.45, 7) is 6.90. The van der Waals surface area contributed by atoms with Gasteiger partial charge in [-0.2, -0.15) is 0 Å². The third-order valence-electron chi connectivity index (χ3n) is 4.68. The third-order valence-corrected chi connectivity index (χ3v) is 5.66. The predicted octanol–water partition coefficient (Wildman–Crippen LogP) is 4.17. The maximum Gasteiger partial charge on any atom is 0.242 e. The molecule has 0 fully saturated rings. The number of nitrogens with zero attached hydrogens (tertiary/aromatic N) is 1. The highest BCUT2D eigenvalue weighted by molar-refractivity contribution is 7.99. The van der Waals surface area contributed by atoms with Gasteiger partial charge in [-0.15, -0.1) is 11.8 Å². The van der Waals surface area contributed by atoms with Gasteiger partial charge in [-0.05, 0) is 37.0 Å². The second-order valence-electron chi connectivity index (χ2n) is 6.75. The van der Waals surface area contributed by atoms with Gasteiger partial charge in [-0.3, -0.25) is 9.59 Å². The van der Waals surface area contributed by atoms with E-state index in [-0.39, 0.29) is 11.8 Å². The Labute approximate surface area is 172 Å². The summed E-state index contributed by atoms with van der Waals surface area (Å²) in [6.07, 6.45) is 0.590. The minimum atomic E-state index is -0.454. The summed E-state index contributed by atoms with van der Waals surface area (Å²) in [7, 11) is 0. The number of aryl methyl sites for hydroxylation is 1. The van der Waals surface area contributed by atoms with Crippen molar-refractivity contribution < 1.29 is 9.59 Å². The van der Waals surface area contributed by atoms with E-state index in [2.05, 4.69) is 17.4 Å². The molecule has 1 N–H and O–H groups in total. The normalized spacial score (nSPS) is 11.7. The lowest BCUT2D eigenvalue weighted by Crippen LogP contribution is -2.49. The lowest BCUT2D eigenvalue weighted by Gasteiger charge is -2.31. The Kier molecular flexibility index (Phi) is 9.08. The van der Waals surface area contributed by atoms with Gasteiger partial charge in [0.05, 0.1) is 5.75 Å². The highest BCUT2D eigenvalue weighted by Crippen LogP contribution is 2.18. The highest BCUT2D eigenvalue weighted by atomic mass is 32.2. The topological polar surface area (TPSA) is 49.4 Å². The van der Waals surface area contributed by atoms with Gasteiger partial charge in [0.15, 0.2) is 0 Å². The second kappa shape index (κ2) is 11.5. The van der Waals surface area contributed by atoms with E-state index >= 15 is 0 Å². The van der Waals surface area contributed by atoms with Crippen LogP contribution in [0.4, 0.5) is 0 Å². The lowest BCUT2D eigenvalue weighted by atomic mass is 10.1. The van der Waals surface area contributed by atoms with E-state index < -0.39 is 6.04 Å². The molecule has 0 aliphatic heterocycles. The van der Waals surface area contributed by atoms with Crippen LogP contribution in [0.1, 0.15) is 37.0 Å². The van der Waals surface area contributed by atoms with Gasteiger partial charge < -0.3 is 10.2 Å². The zero-order chi connectivity index (χ0) is 20.4. The molecule has 0 saturated heterocycles. The van der Waals surface area contributed by atoms with Crippen molar-refractivity contribution in [1.82, 2.24) is 10.2 Å². The first-order valence-corrected chi connectivity index (χ1v) is 11.0. The molecule has 2 rings (SSSR count). The van der Waals surface area contributed by atoms with Gasteiger partial charge >= 0.3 is 0 Å². The van der Waals surface area contributed by atoms with E-state index in [1.165, 1.54) is 5.56 Å². The predicted molar refractivity (Wildman–Crippen MR) is 117 cm³/mol. The van der Waals surface area contributed by atoms with Crippen molar-refractivity contribution in [3.63, 3.8) is 0 Å². The Morgan fingerprint density at radius 3 is 2.36 bits per heavy atom. The fourth-order valence-electron chi connectivity index (χ4n) is 3.10. The molecule has 0 aliphatic rings. The van der Waals surface area contributed by atoms with Crippen LogP contribution in [0.15, 0.2) is 54.6 Å². The van der Waals surface area contributed by atoms with Gasteiger partial charge in [0.2, 0.25) is 11.8 Å². The van der Waals surface area contributed by atoms with Crippen LogP contribution in [-0.2, 0) is 21.9 Å². The van der Waals surface area contributed by atoms with E-state index in [1.807, 2.05) is 63.2 Å². The molecule has 0 bridgehead atoms. The summed E-state index contributed by atoms with van der Waals surface area (Å²) < 4.78 is 0. The number of carbonyl (C=O) groups excluding carboxylic acids is 2. The number of amides is 2. The molecule has 0 unspecified atom stereocenters. The van der Waals surface area contributed by atoms with Gasteiger partial charge in [0, 0.05) is 18.8 Å². The van der Waals surface area contributed by atoms with Crippen LogP contribution >= 0.6 is 11.8 Å². The summed E-state index contributed by atoms with van der Waals surface area (Å²) in [5.41, 5.74) is 3.40. The number of carbonyl (C=O) groups is 2.